The number of nitrogens with zero attached hydrogens (tertiary/aromatic N) is 2. The minimum absolute atomic E-state index is 0.109. The molecule has 2 aliphatic rings. The van der Waals surface area contributed by atoms with E-state index in [1.165, 1.54) is 5.57 Å². The third-order valence-corrected chi connectivity index (χ3v) is 4.90. The number of fused-ring (bicyclic) bond motifs is 1. The summed E-state index contributed by atoms with van der Waals surface area (Å²) in [5.41, 5.74) is 2.27. The molecule has 2 rings (SSSR count). The molecule has 1 saturated heterocycles. The summed E-state index contributed by atoms with van der Waals surface area (Å²) < 4.78 is 24.8. The highest BCUT2D eigenvalue weighted by atomic mass is 32.2. The van der Waals surface area contributed by atoms with Crippen LogP contribution in [0, 0.1) is 11.3 Å². The second-order valence-electron chi connectivity index (χ2n) is 7.45. The van der Waals surface area contributed by atoms with Crippen molar-refractivity contribution in [3.63, 3.8) is 0 Å². The van der Waals surface area contributed by atoms with Crippen molar-refractivity contribution >= 4 is 21.8 Å². The van der Waals surface area contributed by atoms with Crippen molar-refractivity contribution in [2.75, 3.05) is 12.8 Å². The summed E-state index contributed by atoms with van der Waals surface area (Å²) in [5.74, 6) is 0.191. The molecule has 7 heteroatoms. The van der Waals surface area contributed by atoms with E-state index in [1.807, 2.05) is 0 Å². The first-order valence-electron chi connectivity index (χ1n) is 8.03. The van der Waals surface area contributed by atoms with Crippen molar-refractivity contribution < 1.29 is 13.2 Å². The lowest BCUT2D eigenvalue weighted by atomic mass is 9.90. The molecule has 6 nitrogen and oxygen atoms in total. The fourth-order valence-electron chi connectivity index (χ4n) is 3.37. The van der Waals surface area contributed by atoms with Gasteiger partial charge in [-0.05, 0) is 18.9 Å². The van der Waals surface area contributed by atoms with Gasteiger partial charge >= 0.3 is 0 Å². The molecule has 2 aliphatic heterocycles. The summed E-state index contributed by atoms with van der Waals surface area (Å²) in [6, 6.07) is 0.109. The fraction of sp³-hybridized carbons (Fsp3) is 0.750. The Morgan fingerprint density at radius 1 is 1.39 bits per heavy atom. The Morgan fingerprint density at radius 3 is 2.48 bits per heavy atom. The molecule has 0 aromatic rings. The molecule has 1 fully saturated rings. The van der Waals surface area contributed by atoms with Gasteiger partial charge in [-0.15, -0.1) is 0 Å². The minimum Gasteiger partial charge on any atom is -0.333 e. The molecule has 0 radical (unpaired) electrons. The van der Waals surface area contributed by atoms with Gasteiger partial charge in [0.2, 0.25) is 15.9 Å². The third kappa shape index (κ3) is 3.76. The van der Waals surface area contributed by atoms with Crippen LogP contribution in [0.15, 0.2) is 16.3 Å². The van der Waals surface area contributed by atoms with Crippen LogP contribution in [0.1, 0.15) is 47.5 Å². The van der Waals surface area contributed by atoms with E-state index in [9.17, 15) is 13.2 Å². The molecule has 2 atom stereocenters. The van der Waals surface area contributed by atoms with Gasteiger partial charge in [0.15, 0.2) is 0 Å². The normalized spacial score (nSPS) is 25.3. The standard InChI is InChI=1S/C16H27N3O3S/c1-7-12-10(2)17-15(16(3,4)5)19-9-11(8-13(12)19)14(20)18-23(6,21)22/h10-11H,7-9H2,1-6H3,(H,18,20)/t10-,11+/m0/s1. The Hall–Kier alpha value is -1.37. The molecule has 1 amide bonds. The van der Waals surface area contributed by atoms with Crippen LogP contribution in [0.3, 0.4) is 0 Å². The van der Waals surface area contributed by atoms with Crippen molar-refractivity contribution in [1.82, 2.24) is 9.62 Å². The lowest BCUT2D eigenvalue weighted by molar-refractivity contribution is -0.122. The summed E-state index contributed by atoms with van der Waals surface area (Å²) in [6.45, 7) is 11.0. The molecule has 0 aromatic carbocycles. The second-order valence-corrected chi connectivity index (χ2v) is 9.20. The number of amides is 1. The zero-order chi connectivity index (χ0) is 17.6. The Balaban J connectivity index is 2.35. The zero-order valence-corrected chi connectivity index (χ0v) is 15.6. The molecule has 2 heterocycles. The first-order valence-corrected chi connectivity index (χ1v) is 9.92. The molecular formula is C16H27N3O3S. The Kier molecular flexibility index (Phi) is 4.63. The van der Waals surface area contributed by atoms with Crippen LogP contribution in [-0.2, 0) is 14.8 Å². The van der Waals surface area contributed by atoms with E-state index < -0.39 is 15.9 Å². The molecular weight excluding hydrogens is 314 g/mol. The Labute approximate surface area is 139 Å². The number of sulfonamides is 1. The smallest absolute Gasteiger partial charge is 0.238 e. The van der Waals surface area contributed by atoms with E-state index in [-0.39, 0.29) is 17.4 Å². The van der Waals surface area contributed by atoms with Crippen LogP contribution >= 0.6 is 0 Å². The molecule has 0 unspecified atom stereocenters. The average molecular weight is 341 g/mol. The topological polar surface area (TPSA) is 78.8 Å². The van der Waals surface area contributed by atoms with E-state index >= 15 is 0 Å². The molecule has 0 bridgehead atoms. The summed E-state index contributed by atoms with van der Waals surface area (Å²) in [4.78, 5) is 19.2. The molecule has 0 aliphatic carbocycles. The predicted octanol–water partition coefficient (Wildman–Crippen LogP) is 1.89. The van der Waals surface area contributed by atoms with Crippen LogP contribution in [-0.4, -0.2) is 43.9 Å². The van der Waals surface area contributed by atoms with Gasteiger partial charge in [0.05, 0.1) is 18.2 Å². The number of amidine groups is 1. The fourth-order valence-corrected chi connectivity index (χ4v) is 3.90. The van der Waals surface area contributed by atoms with Gasteiger partial charge in [-0.1, -0.05) is 27.7 Å². The Bertz CT molecular complexity index is 671. The molecule has 130 valence electrons. The van der Waals surface area contributed by atoms with Crippen LogP contribution in [0.25, 0.3) is 0 Å². The number of nitrogens with one attached hydrogen (secondary N) is 1. The maximum atomic E-state index is 12.3. The van der Waals surface area contributed by atoms with Gasteiger partial charge < -0.3 is 4.90 Å². The quantitative estimate of drug-likeness (QED) is 0.850. The number of carbonyl (C=O) groups excluding carboxylic acids is 1. The highest BCUT2D eigenvalue weighted by Crippen LogP contribution is 2.39. The third-order valence-electron chi connectivity index (χ3n) is 4.32. The van der Waals surface area contributed by atoms with Crippen molar-refractivity contribution in [2.45, 2.75) is 53.5 Å². The van der Waals surface area contributed by atoms with E-state index in [0.717, 1.165) is 24.2 Å². The Morgan fingerprint density at radius 2 is 2.00 bits per heavy atom. The minimum atomic E-state index is -3.53. The highest BCUT2D eigenvalue weighted by Gasteiger charge is 2.41. The largest absolute Gasteiger partial charge is 0.333 e. The van der Waals surface area contributed by atoms with Gasteiger partial charge in [0, 0.05) is 24.1 Å². The summed E-state index contributed by atoms with van der Waals surface area (Å²) in [6.07, 6.45) is 2.46. The van der Waals surface area contributed by atoms with E-state index in [0.29, 0.717) is 13.0 Å². The first-order chi connectivity index (χ1) is 10.4. The van der Waals surface area contributed by atoms with E-state index in [4.69, 9.17) is 4.99 Å². The number of aliphatic imine (C=N–C) groups is 1. The van der Waals surface area contributed by atoms with Crippen LogP contribution in [0.4, 0.5) is 0 Å². The maximum Gasteiger partial charge on any atom is 0.238 e. The first kappa shape index (κ1) is 18.0. The van der Waals surface area contributed by atoms with Gasteiger partial charge in [-0.25, -0.2) is 8.42 Å². The number of carbonyl (C=O) groups is 1. The van der Waals surface area contributed by atoms with Crippen molar-refractivity contribution in [3.8, 4) is 0 Å². The van der Waals surface area contributed by atoms with Crippen molar-refractivity contribution in [2.24, 2.45) is 16.3 Å². The van der Waals surface area contributed by atoms with Gasteiger partial charge in [0.25, 0.3) is 0 Å². The van der Waals surface area contributed by atoms with Gasteiger partial charge in [-0.2, -0.15) is 0 Å². The van der Waals surface area contributed by atoms with E-state index in [2.05, 4.69) is 44.2 Å². The molecule has 0 aromatic heterocycles. The monoisotopic (exact) mass is 341 g/mol. The number of rotatable bonds is 3. The lowest BCUT2D eigenvalue weighted by Gasteiger charge is -2.37. The SMILES string of the molecule is CCC1=C2C[C@@H](C(=O)NS(C)(=O)=O)CN2C(C(C)(C)C)=N[C@H]1C. The molecule has 0 saturated carbocycles. The molecule has 23 heavy (non-hydrogen) atoms. The molecule has 0 spiro atoms. The molecule has 1 N–H and O–H groups in total. The number of hydrogen-bond acceptors (Lipinski definition) is 5. The average Bonchev–Trinajstić information content (AvgIpc) is 2.79. The summed E-state index contributed by atoms with van der Waals surface area (Å²) in [7, 11) is -3.53. The van der Waals surface area contributed by atoms with Crippen LogP contribution in [0.2, 0.25) is 0 Å². The number of hydrogen-bond donors (Lipinski definition) is 1. The van der Waals surface area contributed by atoms with Crippen LogP contribution in [0.5, 0.6) is 0 Å². The van der Waals surface area contributed by atoms with Crippen molar-refractivity contribution in [1.29, 1.82) is 0 Å². The van der Waals surface area contributed by atoms with Gasteiger partial charge in [0.1, 0.15) is 5.84 Å². The summed E-state index contributed by atoms with van der Waals surface area (Å²) in [5, 5.41) is 0. The maximum absolute atomic E-state index is 12.3. The number of allylic oxidation sites excluding steroid dienone is 1. The predicted molar refractivity (Wildman–Crippen MR) is 91.5 cm³/mol. The highest BCUT2D eigenvalue weighted by molar-refractivity contribution is 7.89. The van der Waals surface area contributed by atoms with Crippen LogP contribution < -0.4 is 4.72 Å². The van der Waals surface area contributed by atoms with Crippen molar-refractivity contribution in [3.05, 3.63) is 11.3 Å². The van der Waals surface area contributed by atoms with E-state index in [1.54, 1.807) is 0 Å². The zero-order valence-electron chi connectivity index (χ0n) is 14.8. The summed E-state index contributed by atoms with van der Waals surface area (Å²) >= 11 is 0. The second kappa shape index (κ2) is 5.92. The van der Waals surface area contributed by atoms with Gasteiger partial charge in [-0.3, -0.25) is 14.5 Å². The lowest BCUT2D eigenvalue weighted by Crippen LogP contribution is -2.43.